The van der Waals surface area contributed by atoms with Crippen LogP contribution in [-0.2, 0) is 9.59 Å². The van der Waals surface area contributed by atoms with E-state index in [2.05, 4.69) is 0 Å². The van der Waals surface area contributed by atoms with Crippen LogP contribution in [0.15, 0.2) is 0 Å². The van der Waals surface area contributed by atoms with Gasteiger partial charge in [0.2, 0.25) is 5.91 Å². The molecule has 3 aliphatic rings. The number of carbonyl (C=O) groups excluding carboxylic acids is 1. The Hall–Kier alpha value is -0.710. The molecule has 3 rings (SSSR count). The molecule has 4 nitrogen and oxygen atoms in total. The zero-order chi connectivity index (χ0) is 14.1. The van der Waals surface area contributed by atoms with Gasteiger partial charge in [0.05, 0.1) is 5.37 Å². The standard InChI is InChI=1S/C15H23NO3S/c17-14-11(8-10-4-2-1-3-5-10)6-7-13-16(14)12(9-20-13)15(18)19/h10-13H,1-9H2,(H,18,19). The van der Waals surface area contributed by atoms with Crippen molar-refractivity contribution in [2.24, 2.45) is 11.8 Å². The maximum atomic E-state index is 12.6. The molecule has 0 aromatic heterocycles. The van der Waals surface area contributed by atoms with Gasteiger partial charge in [-0.15, -0.1) is 11.8 Å². The minimum absolute atomic E-state index is 0.0786. The van der Waals surface area contributed by atoms with Crippen LogP contribution in [-0.4, -0.2) is 39.1 Å². The van der Waals surface area contributed by atoms with Crippen LogP contribution in [0.4, 0.5) is 0 Å². The molecule has 1 saturated carbocycles. The molecule has 2 saturated heterocycles. The zero-order valence-corrected chi connectivity index (χ0v) is 12.6. The third-order valence-corrected chi connectivity index (χ3v) is 6.44. The molecule has 0 radical (unpaired) electrons. The van der Waals surface area contributed by atoms with Crippen LogP contribution in [0.5, 0.6) is 0 Å². The number of amides is 1. The van der Waals surface area contributed by atoms with Crippen molar-refractivity contribution in [3.63, 3.8) is 0 Å². The number of fused-ring (bicyclic) bond motifs is 1. The van der Waals surface area contributed by atoms with Crippen LogP contribution in [0.1, 0.15) is 51.4 Å². The quantitative estimate of drug-likeness (QED) is 0.870. The van der Waals surface area contributed by atoms with E-state index in [0.717, 1.165) is 19.3 Å². The van der Waals surface area contributed by atoms with Gasteiger partial charge in [0.25, 0.3) is 0 Å². The van der Waals surface area contributed by atoms with Gasteiger partial charge in [-0.3, -0.25) is 4.79 Å². The summed E-state index contributed by atoms with van der Waals surface area (Å²) in [5.74, 6) is 0.598. The largest absolute Gasteiger partial charge is 0.480 e. The molecule has 2 heterocycles. The maximum Gasteiger partial charge on any atom is 0.327 e. The molecule has 0 aromatic rings. The maximum absolute atomic E-state index is 12.6. The number of hydrogen-bond donors (Lipinski definition) is 1. The first-order chi connectivity index (χ1) is 9.66. The van der Waals surface area contributed by atoms with Crippen molar-refractivity contribution in [1.29, 1.82) is 0 Å². The number of carbonyl (C=O) groups is 2. The lowest BCUT2D eigenvalue weighted by molar-refractivity contribution is -0.153. The highest BCUT2D eigenvalue weighted by molar-refractivity contribution is 8.00. The number of aliphatic carboxylic acids is 1. The number of carboxylic acid groups (broad SMARTS) is 1. The van der Waals surface area contributed by atoms with E-state index < -0.39 is 12.0 Å². The Bertz CT molecular complexity index is 395. The summed E-state index contributed by atoms with van der Waals surface area (Å²) >= 11 is 1.64. The lowest BCUT2D eigenvalue weighted by atomic mass is 9.80. The highest BCUT2D eigenvalue weighted by atomic mass is 32.2. The summed E-state index contributed by atoms with van der Waals surface area (Å²) in [6, 6.07) is -0.591. The molecule has 112 valence electrons. The molecule has 0 spiro atoms. The van der Waals surface area contributed by atoms with E-state index in [9.17, 15) is 14.7 Å². The van der Waals surface area contributed by atoms with Crippen molar-refractivity contribution in [1.82, 2.24) is 4.90 Å². The number of nitrogens with zero attached hydrogens (tertiary/aromatic N) is 1. The monoisotopic (exact) mass is 297 g/mol. The van der Waals surface area contributed by atoms with Gasteiger partial charge in [0.1, 0.15) is 6.04 Å². The van der Waals surface area contributed by atoms with Crippen LogP contribution in [0.2, 0.25) is 0 Å². The summed E-state index contributed by atoms with van der Waals surface area (Å²) in [7, 11) is 0. The number of carboxylic acids is 1. The van der Waals surface area contributed by atoms with E-state index in [0.29, 0.717) is 11.7 Å². The average molecular weight is 297 g/mol. The topological polar surface area (TPSA) is 57.6 Å². The van der Waals surface area contributed by atoms with E-state index in [1.807, 2.05) is 0 Å². The molecule has 3 unspecified atom stereocenters. The second kappa shape index (κ2) is 5.96. The van der Waals surface area contributed by atoms with Crippen molar-refractivity contribution in [3.05, 3.63) is 0 Å². The number of rotatable bonds is 3. The van der Waals surface area contributed by atoms with Gasteiger partial charge in [-0.1, -0.05) is 32.1 Å². The molecular formula is C15H23NO3S. The van der Waals surface area contributed by atoms with Crippen LogP contribution in [0, 0.1) is 11.8 Å². The van der Waals surface area contributed by atoms with Gasteiger partial charge in [-0.25, -0.2) is 4.79 Å². The normalized spacial score (nSPS) is 35.1. The summed E-state index contributed by atoms with van der Waals surface area (Å²) in [6.45, 7) is 0. The summed E-state index contributed by atoms with van der Waals surface area (Å²) in [4.78, 5) is 25.6. The summed E-state index contributed by atoms with van der Waals surface area (Å²) in [6.07, 6.45) is 9.35. The first kappa shape index (κ1) is 14.2. The third-order valence-electron chi connectivity index (χ3n) is 5.09. The van der Waals surface area contributed by atoms with Crippen molar-refractivity contribution in [3.8, 4) is 0 Å². The number of piperidine rings is 1. The Morgan fingerprint density at radius 1 is 1.20 bits per heavy atom. The van der Waals surface area contributed by atoms with Gasteiger partial charge < -0.3 is 10.0 Å². The summed E-state index contributed by atoms with van der Waals surface area (Å²) in [5.41, 5.74) is 0. The first-order valence-corrected chi connectivity index (χ1v) is 8.88. The number of thioether (sulfide) groups is 1. The van der Waals surface area contributed by atoms with Crippen molar-refractivity contribution >= 4 is 23.6 Å². The molecule has 0 bridgehead atoms. The zero-order valence-electron chi connectivity index (χ0n) is 11.8. The average Bonchev–Trinajstić information content (AvgIpc) is 2.88. The Morgan fingerprint density at radius 3 is 2.65 bits per heavy atom. The Morgan fingerprint density at radius 2 is 1.95 bits per heavy atom. The third kappa shape index (κ3) is 2.69. The molecule has 1 aliphatic carbocycles. The Labute approximate surface area is 124 Å². The van der Waals surface area contributed by atoms with E-state index in [4.69, 9.17) is 0 Å². The van der Waals surface area contributed by atoms with Crippen molar-refractivity contribution < 1.29 is 14.7 Å². The minimum atomic E-state index is -0.841. The molecule has 1 N–H and O–H groups in total. The van der Waals surface area contributed by atoms with Crippen molar-refractivity contribution in [2.45, 2.75) is 62.8 Å². The fourth-order valence-electron chi connectivity index (χ4n) is 3.99. The molecular weight excluding hydrogens is 274 g/mol. The van der Waals surface area contributed by atoms with Crippen LogP contribution in [0.25, 0.3) is 0 Å². The van der Waals surface area contributed by atoms with Gasteiger partial charge in [-0.2, -0.15) is 0 Å². The van der Waals surface area contributed by atoms with Crippen LogP contribution >= 0.6 is 11.8 Å². The molecule has 2 aliphatic heterocycles. The van der Waals surface area contributed by atoms with E-state index in [1.54, 1.807) is 16.7 Å². The summed E-state index contributed by atoms with van der Waals surface area (Å²) < 4.78 is 0. The fraction of sp³-hybridized carbons (Fsp3) is 0.867. The lowest BCUT2D eigenvalue weighted by Gasteiger charge is -2.37. The summed E-state index contributed by atoms with van der Waals surface area (Å²) in [5, 5.41) is 9.39. The van der Waals surface area contributed by atoms with E-state index in [-0.39, 0.29) is 17.2 Å². The van der Waals surface area contributed by atoms with Gasteiger partial charge in [0, 0.05) is 11.7 Å². The molecule has 1 amide bonds. The second-order valence-electron chi connectivity index (χ2n) is 6.40. The lowest BCUT2D eigenvalue weighted by Crippen LogP contribution is -2.51. The Kier molecular flexibility index (Phi) is 4.24. The van der Waals surface area contributed by atoms with Crippen molar-refractivity contribution in [2.75, 3.05) is 5.75 Å². The van der Waals surface area contributed by atoms with E-state index in [1.165, 1.54) is 32.1 Å². The highest BCUT2D eigenvalue weighted by Crippen LogP contribution is 2.41. The first-order valence-electron chi connectivity index (χ1n) is 7.83. The van der Waals surface area contributed by atoms with Gasteiger partial charge >= 0.3 is 5.97 Å². The number of hydrogen-bond acceptors (Lipinski definition) is 3. The van der Waals surface area contributed by atoms with Gasteiger partial charge in [0.15, 0.2) is 0 Å². The van der Waals surface area contributed by atoms with Crippen LogP contribution < -0.4 is 0 Å². The van der Waals surface area contributed by atoms with E-state index >= 15 is 0 Å². The Balaban J connectivity index is 1.65. The van der Waals surface area contributed by atoms with Gasteiger partial charge in [-0.05, 0) is 25.2 Å². The predicted molar refractivity (Wildman–Crippen MR) is 78.4 cm³/mol. The SMILES string of the molecule is O=C(O)C1CSC2CCC(CC3CCCCC3)C(=O)N21. The fourth-order valence-corrected chi connectivity index (χ4v) is 5.42. The molecule has 5 heteroatoms. The smallest absolute Gasteiger partial charge is 0.327 e. The highest BCUT2D eigenvalue weighted by Gasteiger charge is 2.46. The second-order valence-corrected chi connectivity index (χ2v) is 7.61. The van der Waals surface area contributed by atoms with Crippen LogP contribution in [0.3, 0.4) is 0 Å². The molecule has 3 fully saturated rings. The molecule has 3 atom stereocenters. The molecule has 0 aromatic carbocycles. The predicted octanol–water partition coefficient (Wildman–Crippen LogP) is 2.72. The minimum Gasteiger partial charge on any atom is -0.480 e. The molecule has 20 heavy (non-hydrogen) atoms.